The Morgan fingerprint density at radius 3 is 2.67 bits per heavy atom. The third kappa shape index (κ3) is 4.54. The molecule has 0 spiro atoms. The van der Waals surface area contributed by atoms with Crippen molar-refractivity contribution in [2.24, 2.45) is 5.73 Å². The number of halogens is 4. The highest BCUT2D eigenvalue weighted by Crippen LogP contribution is 2.38. The maximum atomic E-state index is 14.2. The highest BCUT2D eigenvalue weighted by molar-refractivity contribution is 6.31. The summed E-state index contributed by atoms with van der Waals surface area (Å²) < 4.78 is 52.9. The second kappa shape index (κ2) is 9.42. The van der Waals surface area contributed by atoms with Crippen molar-refractivity contribution in [2.45, 2.75) is 12.6 Å². The van der Waals surface area contributed by atoms with Gasteiger partial charge in [-0.15, -0.1) is 0 Å². The molecular weight excluding hydrogens is 461 g/mol. The van der Waals surface area contributed by atoms with Crippen LogP contribution < -0.4 is 15.8 Å². The molecule has 11 heteroatoms. The van der Waals surface area contributed by atoms with Crippen LogP contribution in [0.25, 0.3) is 10.8 Å². The topological polar surface area (TPSA) is 89.7 Å². The summed E-state index contributed by atoms with van der Waals surface area (Å²) in [6, 6.07) is 4.64. The minimum Gasteiger partial charge on any atom is -0.476 e. The van der Waals surface area contributed by atoms with Gasteiger partial charge in [-0.25, -0.2) is 22.9 Å². The van der Waals surface area contributed by atoms with E-state index in [9.17, 15) is 18.0 Å². The van der Waals surface area contributed by atoms with E-state index in [1.54, 1.807) is 0 Å². The van der Waals surface area contributed by atoms with E-state index >= 15 is 0 Å². The Hall–Kier alpha value is -3.08. The number of aromatic nitrogens is 1. The number of hydrogen-bond acceptors (Lipinski definition) is 5. The summed E-state index contributed by atoms with van der Waals surface area (Å²) in [5.74, 6) is -2.61. The van der Waals surface area contributed by atoms with E-state index < -0.39 is 29.5 Å². The first kappa shape index (κ1) is 23.1. The molecule has 1 aliphatic heterocycles. The number of amides is 2. The normalized spacial score (nSPS) is 15.3. The van der Waals surface area contributed by atoms with Gasteiger partial charge in [-0.1, -0.05) is 11.6 Å². The average molecular weight is 481 g/mol. The van der Waals surface area contributed by atoms with Crippen molar-refractivity contribution in [2.75, 3.05) is 32.1 Å². The van der Waals surface area contributed by atoms with Gasteiger partial charge in [0.05, 0.1) is 30.0 Å². The molecular formula is C22H20ClF3N4O3. The lowest BCUT2D eigenvalue weighted by Crippen LogP contribution is -2.39. The molecule has 4 rings (SSSR count). The summed E-state index contributed by atoms with van der Waals surface area (Å²) in [4.78, 5) is 18.7. The molecule has 0 bridgehead atoms. The van der Waals surface area contributed by atoms with E-state index in [1.807, 2.05) is 0 Å². The fourth-order valence-electron chi connectivity index (χ4n) is 3.68. The number of carbonyl (C=O) groups excluding carboxylic acids is 1. The zero-order chi connectivity index (χ0) is 23.7. The summed E-state index contributed by atoms with van der Waals surface area (Å²) in [6.45, 7) is 0.536. The molecule has 3 aromatic rings. The number of pyridine rings is 1. The molecule has 2 aromatic carbocycles. The Morgan fingerprint density at radius 1 is 1.24 bits per heavy atom. The molecule has 1 atom stereocenters. The molecule has 0 aliphatic carbocycles. The zero-order valence-electron chi connectivity index (χ0n) is 17.5. The molecule has 1 unspecified atom stereocenters. The molecule has 174 valence electrons. The summed E-state index contributed by atoms with van der Waals surface area (Å²) >= 11 is 5.78. The lowest BCUT2D eigenvalue weighted by Gasteiger charge is -2.34. The smallest absolute Gasteiger partial charge is 0.322 e. The third-order valence-electron chi connectivity index (χ3n) is 5.29. The van der Waals surface area contributed by atoms with Crippen molar-refractivity contribution in [1.82, 2.24) is 9.88 Å². The Labute approximate surface area is 192 Å². The lowest BCUT2D eigenvalue weighted by molar-refractivity contribution is 0.0524. The molecule has 1 aromatic heterocycles. The van der Waals surface area contributed by atoms with Gasteiger partial charge in [0.15, 0.2) is 11.6 Å². The second-order valence-corrected chi connectivity index (χ2v) is 7.83. The van der Waals surface area contributed by atoms with Gasteiger partial charge in [-0.3, -0.25) is 0 Å². The number of nitrogens with two attached hydrogens (primary N) is 1. The lowest BCUT2D eigenvalue weighted by atomic mass is 9.95. The predicted molar refractivity (Wildman–Crippen MR) is 117 cm³/mol. The fourth-order valence-corrected chi connectivity index (χ4v) is 3.86. The van der Waals surface area contributed by atoms with Gasteiger partial charge in [-0.05, 0) is 35.7 Å². The van der Waals surface area contributed by atoms with Crippen molar-refractivity contribution in [1.29, 1.82) is 0 Å². The van der Waals surface area contributed by atoms with Gasteiger partial charge in [0.1, 0.15) is 12.4 Å². The fraction of sp³-hybridized carbons (Fsp3) is 0.273. The molecule has 0 saturated heterocycles. The quantitative estimate of drug-likeness (QED) is 0.565. The molecule has 0 fully saturated rings. The van der Waals surface area contributed by atoms with Gasteiger partial charge < -0.3 is 25.4 Å². The molecule has 1 aliphatic rings. The van der Waals surface area contributed by atoms with E-state index in [-0.39, 0.29) is 48.3 Å². The zero-order valence-corrected chi connectivity index (χ0v) is 18.3. The monoisotopic (exact) mass is 480 g/mol. The number of urea groups is 1. The van der Waals surface area contributed by atoms with Crippen LogP contribution in [0.5, 0.6) is 5.88 Å². The molecule has 2 amide bonds. The number of benzene rings is 2. The van der Waals surface area contributed by atoms with Gasteiger partial charge in [-0.2, -0.15) is 0 Å². The number of nitrogens with one attached hydrogen (secondary N) is 1. The summed E-state index contributed by atoms with van der Waals surface area (Å²) in [7, 11) is 1.52. The Balaban J connectivity index is 1.74. The maximum absolute atomic E-state index is 14.2. The molecule has 0 saturated carbocycles. The van der Waals surface area contributed by atoms with Gasteiger partial charge in [0, 0.05) is 30.2 Å². The average Bonchev–Trinajstić information content (AvgIpc) is 2.80. The van der Waals surface area contributed by atoms with E-state index in [4.69, 9.17) is 26.8 Å². The van der Waals surface area contributed by atoms with Crippen LogP contribution in [-0.4, -0.2) is 42.7 Å². The highest BCUT2D eigenvalue weighted by Gasteiger charge is 2.32. The minimum atomic E-state index is -1.05. The number of anilines is 1. The number of likely N-dealkylation sites (N-methyl/N-ethyl adjacent to an activating group) is 1. The Morgan fingerprint density at radius 2 is 1.97 bits per heavy atom. The van der Waals surface area contributed by atoms with E-state index in [0.29, 0.717) is 16.6 Å². The van der Waals surface area contributed by atoms with Gasteiger partial charge in [0.2, 0.25) is 5.88 Å². The summed E-state index contributed by atoms with van der Waals surface area (Å²) in [5.41, 5.74) is 6.74. The van der Waals surface area contributed by atoms with E-state index in [2.05, 4.69) is 10.3 Å². The molecule has 33 heavy (non-hydrogen) atoms. The summed E-state index contributed by atoms with van der Waals surface area (Å²) in [6.07, 6.45) is 0. The van der Waals surface area contributed by atoms with Crippen molar-refractivity contribution in [3.05, 3.63) is 64.1 Å². The number of ether oxygens (including phenoxy) is 2. The van der Waals surface area contributed by atoms with Crippen LogP contribution in [0, 0.1) is 17.5 Å². The van der Waals surface area contributed by atoms with Crippen molar-refractivity contribution >= 4 is 34.1 Å². The first-order chi connectivity index (χ1) is 15.8. The molecule has 0 radical (unpaired) electrons. The van der Waals surface area contributed by atoms with Crippen LogP contribution in [0.2, 0.25) is 5.02 Å². The number of rotatable bonds is 5. The first-order valence-corrected chi connectivity index (χ1v) is 10.4. The van der Waals surface area contributed by atoms with Crippen LogP contribution in [0.3, 0.4) is 0 Å². The van der Waals surface area contributed by atoms with Gasteiger partial charge in [0.25, 0.3) is 0 Å². The van der Waals surface area contributed by atoms with Crippen molar-refractivity contribution in [3.8, 4) is 5.88 Å². The third-order valence-corrected chi connectivity index (χ3v) is 5.58. The molecule has 3 N–H and O–H groups in total. The van der Waals surface area contributed by atoms with Crippen LogP contribution in [0.1, 0.15) is 17.3 Å². The minimum absolute atomic E-state index is 0.0971. The summed E-state index contributed by atoms with van der Waals surface area (Å²) in [5, 5.41) is 3.10. The van der Waals surface area contributed by atoms with Crippen LogP contribution in [-0.2, 0) is 11.3 Å². The van der Waals surface area contributed by atoms with Crippen molar-refractivity contribution < 1.29 is 27.4 Å². The predicted octanol–water partition coefficient (Wildman–Crippen LogP) is 4.38. The Bertz CT molecular complexity index is 1230. The number of hydrogen-bond donors (Lipinski definition) is 2. The molecule has 2 heterocycles. The van der Waals surface area contributed by atoms with Gasteiger partial charge >= 0.3 is 6.03 Å². The number of carbonyl (C=O) groups is 1. The highest BCUT2D eigenvalue weighted by atomic mass is 35.5. The molecule has 7 nitrogen and oxygen atoms in total. The Kier molecular flexibility index (Phi) is 6.59. The van der Waals surface area contributed by atoms with E-state index in [0.717, 1.165) is 18.2 Å². The van der Waals surface area contributed by atoms with Crippen LogP contribution >= 0.6 is 11.6 Å². The number of fused-ring (bicyclic) bond motifs is 3. The van der Waals surface area contributed by atoms with Crippen LogP contribution in [0.4, 0.5) is 23.7 Å². The van der Waals surface area contributed by atoms with Crippen LogP contribution in [0.15, 0.2) is 30.3 Å². The largest absolute Gasteiger partial charge is 0.476 e. The first-order valence-electron chi connectivity index (χ1n) is 10.0. The second-order valence-electron chi connectivity index (χ2n) is 7.43. The number of nitrogens with zero attached hydrogens (tertiary/aromatic N) is 2. The van der Waals surface area contributed by atoms with Crippen molar-refractivity contribution in [3.63, 3.8) is 0 Å². The standard InChI is InChI=1S/C22H20ClF3N4O3/c1-30(22(31)28-11-2-3-15(24)14(23)6-11)19-10-32-9-18-20(19)12-7-16(25)17(26)8-13(12)21(29-18)33-5-4-27/h2-3,6-8,19H,4-5,9-10,27H2,1H3,(H,28,31). The van der Waals surface area contributed by atoms with E-state index in [1.165, 1.54) is 24.1 Å². The SMILES string of the molecule is CN(C(=O)Nc1ccc(F)c(Cl)c1)C1COCc2nc(OCCN)c3cc(F)c(F)cc3c21. The maximum Gasteiger partial charge on any atom is 0.322 e.